The molecule has 90 valence electrons. The number of thiazole rings is 1. The van der Waals surface area contributed by atoms with Crippen LogP contribution in [0.2, 0.25) is 5.02 Å². The molecule has 17 heavy (non-hydrogen) atoms. The van der Waals surface area contributed by atoms with Crippen molar-refractivity contribution in [2.24, 2.45) is 5.84 Å². The van der Waals surface area contributed by atoms with Crippen molar-refractivity contribution in [3.05, 3.63) is 45.1 Å². The summed E-state index contributed by atoms with van der Waals surface area (Å²) in [5.74, 6) is 5.55. The molecular formula is C11H13ClN4S. The number of pyridine rings is 1. The molecule has 0 aliphatic rings. The van der Waals surface area contributed by atoms with E-state index in [0.717, 1.165) is 22.8 Å². The minimum atomic E-state index is -0.0474. The van der Waals surface area contributed by atoms with Crippen molar-refractivity contribution in [2.75, 3.05) is 0 Å². The number of hydrogen-bond donors (Lipinski definition) is 2. The zero-order chi connectivity index (χ0) is 12.3. The van der Waals surface area contributed by atoms with Crippen LogP contribution in [0.1, 0.15) is 22.4 Å². The molecule has 2 aromatic rings. The zero-order valence-corrected chi connectivity index (χ0v) is 10.9. The fourth-order valence-corrected chi connectivity index (χ4v) is 2.29. The van der Waals surface area contributed by atoms with Crippen LogP contribution in [0, 0.1) is 6.92 Å². The predicted octanol–water partition coefficient (Wildman–Crippen LogP) is 2.25. The Morgan fingerprint density at radius 1 is 1.53 bits per heavy atom. The van der Waals surface area contributed by atoms with Crippen LogP contribution in [0.4, 0.5) is 0 Å². The molecule has 1 atom stereocenters. The molecule has 2 aromatic heterocycles. The van der Waals surface area contributed by atoms with Gasteiger partial charge in [0.15, 0.2) is 0 Å². The van der Waals surface area contributed by atoms with E-state index in [1.165, 1.54) is 0 Å². The zero-order valence-electron chi connectivity index (χ0n) is 9.35. The average Bonchev–Trinajstić information content (AvgIpc) is 2.73. The summed E-state index contributed by atoms with van der Waals surface area (Å²) in [4.78, 5) is 8.66. The van der Waals surface area contributed by atoms with Gasteiger partial charge in [-0.05, 0) is 19.1 Å². The highest BCUT2D eigenvalue weighted by molar-refractivity contribution is 7.09. The van der Waals surface area contributed by atoms with Crippen molar-refractivity contribution in [1.29, 1.82) is 0 Å². The van der Waals surface area contributed by atoms with Crippen LogP contribution < -0.4 is 11.3 Å². The lowest BCUT2D eigenvalue weighted by Gasteiger charge is -2.13. The number of nitrogens with zero attached hydrogens (tertiary/aromatic N) is 2. The highest BCUT2D eigenvalue weighted by Crippen LogP contribution is 2.18. The summed E-state index contributed by atoms with van der Waals surface area (Å²) in [6.07, 6.45) is 2.34. The van der Waals surface area contributed by atoms with E-state index in [1.54, 1.807) is 23.6 Å². The van der Waals surface area contributed by atoms with Crippen molar-refractivity contribution < 1.29 is 0 Å². The standard InChI is InChI=1S/C11H13ClN4S/c1-7-15-9(6-17-7)4-11(16-13)10-3-2-8(12)5-14-10/h2-3,5-6,11,16H,4,13H2,1H3. The van der Waals surface area contributed by atoms with Gasteiger partial charge in [0.2, 0.25) is 0 Å². The van der Waals surface area contributed by atoms with Gasteiger partial charge in [-0.3, -0.25) is 16.3 Å². The molecule has 0 spiro atoms. The number of aryl methyl sites for hydroxylation is 1. The first-order valence-electron chi connectivity index (χ1n) is 5.17. The molecule has 0 bridgehead atoms. The van der Waals surface area contributed by atoms with E-state index < -0.39 is 0 Å². The number of rotatable bonds is 4. The van der Waals surface area contributed by atoms with E-state index in [2.05, 4.69) is 15.4 Å². The molecule has 0 aliphatic heterocycles. The van der Waals surface area contributed by atoms with Crippen molar-refractivity contribution in [3.8, 4) is 0 Å². The molecule has 0 radical (unpaired) electrons. The number of nitrogens with one attached hydrogen (secondary N) is 1. The lowest BCUT2D eigenvalue weighted by molar-refractivity contribution is 0.533. The van der Waals surface area contributed by atoms with Crippen molar-refractivity contribution in [1.82, 2.24) is 15.4 Å². The van der Waals surface area contributed by atoms with Gasteiger partial charge in [0, 0.05) is 18.0 Å². The lowest BCUT2D eigenvalue weighted by Crippen LogP contribution is -2.30. The molecule has 0 fully saturated rings. The first-order chi connectivity index (χ1) is 8.19. The Morgan fingerprint density at radius 3 is 2.88 bits per heavy atom. The Labute approximate surface area is 109 Å². The van der Waals surface area contributed by atoms with Gasteiger partial charge >= 0.3 is 0 Å². The molecular weight excluding hydrogens is 256 g/mol. The topological polar surface area (TPSA) is 63.8 Å². The summed E-state index contributed by atoms with van der Waals surface area (Å²) in [6.45, 7) is 1.99. The largest absolute Gasteiger partial charge is 0.271 e. The smallest absolute Gasteiger partial charge is 0.0897 e. The van der Waals surface area contributed by atoms with Crippen LogP contribution >= 0.6 is 22.9 Å². The lowest BCUT2D eigenvalue weighted by atomic mass is 10.1. The first-order valence-corrected chi connectivity index (χ1v) is 6.43. The molecule has 2 rings (SSSR count). The summed E-state index contributed by atoms with van der Waals surface area (Å²) in [6, 6.07) is 3.63. The molecule has 0 aliphatic carbocycles. The fourth-order valence-electron chi connectivity index (χ4n) is 1.55. The van der Waals surface area contributed by atoms with Crippen LogP contribution in [-0.2, 0) is 6.42 Å². The number of halogens is 1. The second-order valence-corrected chi connectivity index (χ2v) is 5.18. The van der Waals surface area contributed by atoms with Crippen molar-refractivity contribution in [3.63, 3.8) is 0 Å². The van der Waals surface area contributed by atoms with Gasteiger partial charge in [-0.15, -0.1) is 11.3 Å². The van der Waals surface area contributed by atoms with Gasteiger partial charge in [0.1, 0.15) is 0 Å². The monoisotopic (exact) mass is 268 g/mol. The van der Waals surface area contributed by atoms with E-state index in [0.29, 0.717) is 5.02 Å². The average molecular weight is 269 g/mol. The van der Waals surface area contributed by atoms with Crippen LogP contribution in [0.25, 0.3) is 0 Å². The Kier molecular flexibility index (Phi) is 4.06. The Hall–Kier alpha value is -1.01. The molecule has 6 heteroatoms. The SMILES string of the molecule is Cc1nc(CC(NN)c2ccc(Cl)cn2)cs1. The van der Waals surface area contributed by atoms with Gasteiger partial charge in [-0.1, -0.05) is 11.6 Å². The van der Waals surface area contributed by atoms with Gasteiger partial charge in [-0.2, -0.15) is 0 Å². The Morgan fingerprint density at radius 2 is 2.35 bits per heavy atom. The molecule has 1 unspecified atom stereocenters. The van der Waals surface area contributed by atoms with E-state index in [-0.39, 0.29) is 6.04 Å². The molecule has 3 N–H and O–H groups in total. The summed E-state index contributed by atoms with van der Waals surface area (Å²) in [5, 5.41) is 3.71. The maximum Gasteiger partial charge on any atom is 0.0897 e. The maximum absolute atomic E-state index is 5.80. The van der Waals surface area contributed by atoms with Crippen LogP contribution in [0.5, 0.6) is 0 Å². The third-order valence-corrected chi connectivity index (χ3v) is 3.43. The van der Waals surface area contributed by atoms with E-state index in [4.69, 9.17) is 17.4 Å². The molecule has 4 nitrogen and oxygen atoms in total. The second kappa shape index (κ2) is 5.55. The van der Waals surface area contributed by atoms with Crippen LogP contribution in [0.3, 0.4) is 0 Å². The molecule has 0 amide bonds. The van der Waals surface area contributed by atoms with Gasteiger partial charge < -0.3 is 0 Å². The van der Waals surface area contributed by atoms with E-state index >= 15 is 0 Å². The van der Waals surface area contributed by atoms with Crippen molar-refractivity contribution in [2.45, 2.75) is 19.4 Å². The minimum Gasteiger partial charge on any atom is -0.271 e. The van der Waals surface area contributed by atoms with Gasteiger partial charge in [0.05, 0.1) is 27.5 Å². The molecule has 2 heterocycles. The summed E-state index contributed by atoms with van der Waals surface area (Å²) in [5.41, 5.74) is 4.64. The van der Waals surface area contributed by atoms with Crippen molar-refractivity contribution >= 4 is 22.9 Å². The number of aromatic nitrogens is 2. The third-order valence-electron chi connectivity index (χ3n) is 2.39. The van der Waals surface area contributed by atoms with Gasteiger partial charge in [0.25, 0.3) is 0 Å². The highest BCUT2D eigenvalue weighted by Gasteiger charge is 2.13. The first kappa shape index (κ1) is 12.4. The van der Waals surface area contributed by atoms with E-state index in [9.17, 15) is 0 Å². The summed E-state index contributed by atoms with van der Waals surface area (Å²) >= 11 is 7.43. The minimum absolute atomic E-state index is 0.0474. The molecule has 0 saturated heterocycles. The second-order valence-electron chi connectivity index (χ2n) is 3.68. The summed E-state index contributed by atoms with van der Waals surface area (Å²) in [7, 11) is 0. The normalized spacial score (nSPS) is 12.6. The van der Waals surface area contributed by atoms with Crippen LogP contribution in [-0.4, -0.2) is 9.97 Å². The highest BCUT2D eigenvalue weighted by atomic mass is 35.5. The quantitative estimate of drug-likeness (QED) is 0.659. The van der Waals surface area contributed by atoms with E-state index in [1.807, 2.05) is 18.4 Å². The Balaban J connectivity index is 2.13. The number of nitrogens with two attached hydrogens (primary N) is 1. The fraction of sp³-hybridized carbons (Fsp3) is 0.273. The number of hydrogen-bond acceptors (Lipinski definition) is 5. The van der Waals surface area contributed by atoms with Gasteiger partial charge in [-0.25, -0.2) is 4.98 Å². The van der Waals surface area contributed by atoms with Crippen LogP contribution in [0.15, 0.2) is 23.7 Å². The molecule has 0 saturated carbocycles. The predicted molar refractivity (Wildman–Crippen MR) is 69.9 cm³/mol. The third kappa shape index (κ3) is 3.23. The summed E-state index contributed by atoms with van der Waals surface area (Å²) < 4.78 is 0. The molecule has 0 aromatic carbocycles. The maximum atomic E-state index is 5.80. The number of hydrazine groups is 1. The Bertz CT molecular complexity index is 482.